The van der Waals surface area contributed by atoms with Crippen LogP contribution in [0.15, 0.2) is 0 Å². The molecule has 0 aromatic carbocycles. The average molecular weight is 277 g/mol. The second-order valence-corrected chi connectivity index (χ2v) is 3.96. The van der Waals surface area contributed by atoms with Crippen molar-refractivity contribution in [2.24, 2.45) is 0 Å². The maximum absolute atomic E-state index is 13.1. The second kappa shape index (κ2) is 8.44. The zero-order chi connectivity index (χ0) is 15.0. The van der Waals surface area contributed by atoms with Gasteiger partial charge in [-0.05, 0) is 19.8 Å². The van der Waals surface area contributed by atoms with Gasteiger partial charge in [-0.3, -0.25) is 4.79 Å². The van der Waals surface area contributed by atoms with Crippen molar-refractivity contribution in [2.45, 2.75) is 52.4 Å². The molecule has 0 saturated heterocycles. The monoisotopic (exact) mass is 277 g/mol. The summed E-state index contributed by atoms with van der Waals surface area (Å²) < 4.78 is 17.4. The number of carboxylic acids is 1. The van der Waals surface area contributed by atoms with Crippen molar-refractivity contribution in [2.75, 3.05) is 6.54 Å². The van der Waals surface area contributed by atoms with Gasteiger partial charge in [0.25, 0.3) is 0 Å². The number of aliphatic carboxylic acids is 1. The number of likely N-dealkylation sites (N-methyl/N-ethyl adjacent to an activating group) is 1. The molecule has 0 spiro atoms. The Hall–Kier alpha value is -1.66. The van der Waals surface area contributed by atoms with E-state index < -0.39 is 30.2 Å². The third-order valence-electron chi connectivity index (χ3n) is 2.57. The molecule has 19 heavy (non-hydrogen) atoms. The molecule has 0 bridgehead atoms. The van der Waals surface area contributed by atoms with Crippen LogP contribution in [0.25, 0.3) is 0 Å². The van der Waals surface area contributed by atoms with E-state index >= 15 is 0 Å². The Morgan fingerprint density at radius 3 is 2.21 bits per heavy atom. The van der Waals surface area contributed by atoms with E-state index in [2.05, 4.69) is 4.74 Å². The highest BCUT2D eigenvalue weighted by Gasteiger charge is 2.32. The molecule has 0 aromatic heterocycles. The average Bonchev–Trinajstić information content (AvgIpc) is 2.34. The first-order valence-corrected chi connectivity index (χ1v) is 6.27. The number of ether oxygens (including phenoxy) is 1. The number of carbonyl (C=O) groups is 3. The van der Waals surface area contributed by atoms with Gasteiger partial charge in [-0.1, -0.05) is 13.8 Å². The fraction of sp³-hybridized carbons (Fsp3) is 0.750. The van der Waals surface area contributed by atoms with Gasteiger partial charge in [-0.2, -0.15) is 0 Å². The molecule has 1 N–H and O–H groups in total. The maximum Gasteiger partial charge on any atom is 0.399 e. The largest absolute Gasteiger partial charge is 0.480 e. The molecule has 6 nitrogen and oxygen atoms in total. The Morgan fingerprint density at radius 1 is 1.26 bits per heavy atom. The van der Waals surface area contributed by atoms with Crippen LogP contribution in [0.2, 0.25) is 0 Å². The van der Waals surface area contributed by atoms with Crippen molar-refractivity contribution in [3.63, 3.8) is 0 Å². The number of nitrogens with zero attached hydrogens (tertiary/aromatic N) is 1. The lowest BCUT2D eigenvalue weighted by Crippen LogP contribution is -2.48. The fourth-order valence-electron chi connectivity index (χ4n) is 1.60. The Bertz CT molecular complexity index is 334. The third-order valence-corrected chi connectivity index (χ3v) is 2.57. The lowest BCUT2D eigenvalue weighted by molar-refractivity contribution is -0.172. The van der Waals surface area contributed by atoms with E-state index in [9.17, 15) is 18.8 Å². The molecule has 0 aliphatic heterocycles. The number of hydrogen-bond acceptors (Lipinski definition) is 4. The minimum absolute atomic E-state index is 0.00127. The van der Waals surface area contributed by atoms with Crippen LogP contribution in [0.3, 0.4) is 0 Å². The summed E-state index contributed by atoms with van der Waals surface area (Å²) in [6.07, 6.45) is -1.23. The Morgan fingerprint density at radius 2 is 1.84 bits per heavy atom. The predicted octanol–water partition coefficient (Wildman–Crippen LogP) is 1.34. The highest BCUT2D eigenvalue weighted by molar-refractivity contribution is 6.32. The first-order chi connectivity index (χ1) is 8.88. The first-order valence-electron chi connectivity index (χ1n) is 6.27. The van der Waals surface area contributed by atoms with Crippen molar-refractivity contribution < 1.29 is 28.6 Å². The number of amides is 1. The zero-order valence-corrected chi connectivity index (χ0v) is 11.4. The molecule has 2 unspecified atom stereocenters. The summed E-state index contributed by atoms with van der Waals surface area (Å²) >= 11 is 0. The normalized spacial score (nSPS) is 13.5. The summed E-state index contributed by atoms with van der Waals surface area (Å²) in [5.41, 5.74) is 0. The van der Waals surface area contributed by atoms with Crippen LogP contribution in [0.1, 0.15) is 40.0 Å². The van der Waals surface area contributed by atoms with Crippen LogP contribution in [-0.4, -0.2) is 46.8 Å². The molecule has 2 atom stereocenters. The van der Waals surface area contributed by atoms with Crippen molar-refractivity contribution in [3.8, 4) is 0 Å². The standard InChI is InChI=1S/C12H20FNO5/c1-4-7-9(13)19-12(18)10(15)14(6-3)8(5-2)11(16)17/h8-9H,4-7H2,1-3H3,(H,16,17). The number of esters is 1. The molecule has 0 fully saturated rings. The van der Waals surface area contributed by atoms with Gasteiger partial charge in [0.2, 0.25) is 6.36 Å². The topological polar surface area (TPSA) is 83.9 Å². The Kier molecular flexibility index (Phi) is 7.71. The van der Waals surface area contributed by atoms with Gasteiger partial charge >= 0.3 is 17.8 Å². The first kappa shape index (κ1) is 17.3. The fourth-order valence-corrected chi connectivity index (χ4v) is 1.60. The van der Waals surface area contributed by atoms with Crippen molar-refractivity contribution in [1.82, 2.24) is 4.90 Å². The summed E-state index contributed by atoms with van der Waals surface area (Å²) in [5.74, 6) is -3.70. The molecule has 110 valence electrons. The van der Waals surface area contributed by atoms with Gasteiger partial charge in [-0.25, -0.2) is 14.0 Å². The van der Waals surface area contributed by atoms with Gasteiger partial charge in [0, 0.05) is 13.0 Å². The van der Waals surface area contributed by atoms with E-state index in [1.54, 1.807) is 13.8 Å². The van der Waals surface area contributed by atoms with Crippen LogP contribution >= 0.6 is 0 Å². The van der Waals surface area contributed by atoms with E-state index in [4.69, 9.17) is 5.11 Å². The summed E-state index contributed by atoms with van der Waals surface area (Å²) in [6, 6.07) is -1.12. The van der Waals surface area contributed by atoms with Crippen LogP contribution in [0.5, 0.6) is 0 Å². The molecule has 7 heteroatoms. The van der Waals surface area contributed by atoms with Crippen LogP contribution in [-0.2, 0) is 19.1 Å². The summed E-state index contributed by atoms with van der Waals surface area (Å²) in [4.78, 5) is 35.0. The molecule has 0 aromatic rings. The van der Waals surface area contributed by atoms with Gasteiger partial charge < -0.3 is 14.7 Å². The molecule has 0 radical (unpaired) electrons. The Labute approximate surface area is 111 Å². The minimum atomic E-state index is -1.84. The molecule has 0 aliphatic rings. The molecule has 0 heterocycles. The number of halogens is 1. The smallest absolute Gasteiger partial charge is 0.399 e. The number of hydrogen-bond donors (Lipinski definition) is 1. The van der Waals surface area contributed by atoms with E-state index in [-0.39, 0.29) is 19.4 Å². The predicted molar refractivity (Wildman–Crippen MR) is 65.0 cm³/mol. The quantitative estimate of drug-likeness (QED) is 0.560. The number of rotatable bonds is 7. The second-order valence-electron chi connectivity index (χ2n) is 3.96. The SMILES string of the molecule is CCCC(F)OC(=O)C(=O)N(CC)C(CC)C(=O)O. The lowest BCUT2D eigenvalue weighted by atomic mass is 10.2. The number of carbonyl (C=O) groups excluding carboxylic acids is 2. The highest BCUT2D eigenvalue weighted by Crippen LogP contribution is 2.09. The Balaban J connectivity index is 4.74. The van der Waals surface area contributed by atoms with Crippen molar-refractivity contribution in [3.05, 3.63) is 0 Å². The van der Waals surface area contributed by atoms with E-state index in [1.807, 2.05) is 0 Å². The van der Waals surface area contributed by atoms with Gasteiger partial charge in [0.05, 0.1) is 0 Å². The minimum Gasteiger partial charge on any atom is -0.480 e. The van der Waals surface area contributed by atoms with Gasteiger partial charge in [-0.15, -0.1) is 0 Å². The van der Waals surface area contributed by atoms with E-state index in [0.717, 1.165) is 4.90 Å². The summed E-state index contributed by atoms with van der Waals surface area (Å²) in [5, 5.41) is 8.95. The summed E-state index contributed by atoms with van der Waals surface area (Å²) in [6.45, 7) is 4.85. The van der Waals surface area contributed by atoms with Crippen LogP contribution < -0.4 is 0 Å². The lowest BCUT2D eigenvalue weighted by Gasteiger charge is -2.26. The van der Waals surface area contributed by atoms with E-state index in [0.29, 0.717) is 6.42 Å². The molecular weight excluding hydrogens is 257 g/mol. The number of carboxylic acid groups (broad SMARTS) is 1. The molecule has 0 rings (SSSR count). The van der Waals surface area contributed by atoms with Crippen LogP contribution in [0, 0.1) is 0 Å². The summed E-state index contributed by atoms with van der Waals surface area (Å²) in [7, 11) is 0. The van der Waals surface area contributed by atoms with Crippen molar-refractivity contribution >= 4 is 17.8 Å². The molecule has 1 amide bonds. The van der Waals surface area contributed by atoms with Gasteiger partial charge in [0.15, 0.2) is 0 Å². The third kappa shape index (κ3) is 5.23. The van der Waals surface area contributed by atoms with Crippen molar-refractivity contribution in [1.29, 1.82) is 0 Å². The molecular formula is C12H20FNO5. The van der Waals surface area contributed by atoms with Crippen LogP contribution in [0.4, 0.5) is 4.39 Å². The number of alkyl halides is 1. The van der Waals surface area contributed by atoms with Gasteiger partial charge in [0.1, 0.15) is 6.04 Å². The maximum atomic E-state index is 13.1. The zero-order valence-electron chi connectivity index (χ0n) is 11.4. The highest BCUT2D eigenvalue weighted by atomic mass is 19.1. The molecule has 0 aliphatic carbocycles. The molecule has 0 saturated carbocycles. The van der Waals surface area contributed by atoms with E-state index in [1.165, 1.54) is 6.92 Å².